The van der Waals surface area contributed by atoms with Gasteiger partial charge in [0.1, 0.15) is 12.4 Å². The Bertz CT molecular complexity index is 566. The van der Waals surface area contributed by atoms with Crippen molar-refractivity contribution in [3.63, 3.8) is 0 Å². The highest BCUT2D eigenvalue weighted by molar-refractivity contribution is 9.10. The van der Waals surface area contributed by atoms with E-state index in [0.29, 0.717) is 12.5 Å². The number of halogens is 1. The molecule has 3 heteroatoms. The van der Waals surface area contributed by atoms with E-state index < -0.39 is 0 Å². The molecule has 2 rings (SSSR count). The fraction of sp³-hybridized carbons (Fsp3) is 0.312. The molecule has 2 aromatic rings. The van der Waals surface area contributed by atoms with E-state index in [9.17, 15) is 0 Å². The normalized spacial score (nSPS) is 10.8. The zero-order valence-corrected chi connectivity index (χ0v) is 13.1. The summed E-state index contributed by atoms with van der Waals surface area (Å²) in [5.74, 6) is 1.36. The summed E-state index contributed by atoms with van der Waals surface area (Å²) in [5, 5.41) is 0. The van der Waals surface area contributed by atoms with Crippen LogP contribution in [0.1, 0.15) is 36.6 Å². The zero-order chi connectivity index (χ0) is 13.8. The van der Waals surface area contributed by atoms with Crippen LogP contribution in [0.5, 0.6) is 5.75 Å². The Morgan fingerprint density at radius 1 is 1.26 bits per heavy atom. The molecule has 0 spiro atoms. The van der Waals surface area contributed by atoms with Crippen molar-refractivity contribution in [2.24, 2.45) is 0 Å². The van der Waals surface area contributed by atoms with E-state index in [0.717, 1.165) is 21.5 Å². The molecule has 0 fully saturated rings. The Balaban J connectivity index is 2.18. The Labute approximate surface area is 123 Å². The van der Waals surface area contributed by atoms with Crippen LogP contribution >= 0.6 is 15.9 Å². The molecule has 0 amide bonds. The lowest BCUT2D eigenvalue weighted by atomic mass is 10.0. The molecular weight excluding hydrogens is 302 g/mol. The highest BCUT2D eigenvalue weighted by Gasteiger charge is 2.09. The van der Waals surface area contributed by atoms with Crippen LogP contribution in [0.25, 0.3) is 0 Å². The van der Waals surface area contributed by atoms with Crippen LogP contribution in [0.3, 0.4) is 0 Å². The number of rotatable bonds is 4. The topological polar surface area (TPSA) is 22.1 Å². The summed E-state index contributed by atoms with van der Waals surface area (Å²) in [6.07, 6.45) is 1.80. The molecule has 0 bridgehead atoms. The molecule has 1 aromatic heterocycles. The molecule has 0 saturated carbocycles. The molecule has 0 atom stereocenters. The third kappa shape index (κ3) is 3.57. The summed E-state index contributed by atoms with van der Waals surface area (Å²) in [6, 6.07) is 10.1. The van der Waals surface area contributed by atoms with Gasteiger partial charge in [-0.05, 0) is 48.2 Å². The van der Waals surface area contributed by atoms with Gasteiger partial charge in [-0.3, -0.25) is 4.98 Å². The number of aryl methyl sites for hydroxylation is 1. The molecule has 1 heterocycles. The van der Waals surface area contributed by atoms with E-state index in [1.807, 2.05) is 18.2 Å². The number of aromatic nitrogens is 1. The molecule has 19 heavy (non-hydrogen) atoms. The van der Waals surface area contributed by atoms with Crippen LogP contribution in [-0.4, -0.2) is 4.98 Å². The van der Waals surface area contributed by atoms with E-state index in [1.54, 1.807) is 6.20 Å². The lowest BCUT2D eigenvalue weighted by Gasteiger charge is -2.15. The van der Waals surface area contributed by atoms with Crippen molar-refractivity contribution in [1.82, 2.24) is 4.98 Å². The minimum absolute atomic E-state index is 0.428. The van der Waals surface area contributed by atoms with Crippen molar-refractivity contribution in [3.05, 3.63) is 57.8 Å². The molecule has 0 aliphatic heterocycles. The first-order valence-electron chi connectivity index (χ1n) is 6.40. The molecule has 0 aliphatic carbocycles. The molecule has 2 nitrogen and oxygen atoms in total. The van der Waals surface area contributed by atoms with E-state index in [1.165, 1.54) is 5.56 Å². The standard InChI is InChI=1S/C16H18BrNO/c1-11(2)14-9-13(17)6-7-16(14)19-10-15-12(3)5-4-8-18-15/h4-9,11H,10H2,1-3H3. The first-order chi connectivity index (χ1) is 9.08. The van der Waals surface area contributed by atoms with E-state index in [2.05, 4.69) is 53.8 Å². The van der Waals surface area contributed by atoms with E-state index >= 15 is 0 Å². The van der Waals surface area contributed by atoms with Crippen LogP contribution < -0.4 is 4.74 Å². The molecule has 0 saturated heterocycles. The van der Waals surface area contributed by atoms with E-state index in [-0.39, 0.29) is 0 Å². The first-order valence-corrected chi connectivity index (χ1v) is 7.20. The van der Waals surface area contributed by atoms with Gasteiger partial charge in [0.2, 0.25) is 0 Å². The highest BCUT2D eigenvalue weighted by Crippen LogP contribution is 2.30. The van der Waals surface area contributed by atoms with Crippen molar-refractivity contribution >= 4 is 15.9 Å². The second kappa shape index (κ2) is 6.20. The average Bonchev–Trinajstić information content (AvgIpc) is 2.38. The molecule has 1 aromatic carbocycles. The van der Waals surface area contributed by atoms with Gasteiger partial charge in [-0.15, -0.1) is 0 Å². The van der Waals surface area contributed by atoms with Gasteiger partial charge in [0.15, 0.2) is 0 Å². The van der Waals surface area contributed by atoms with Gasteiger partial charge in [-0.2, -0.15) is 0 Å². The van der Waals surface area contributed by atoms with Crippen molar-refractivity contribution in [2.45, 2.75) is 33.3 Å². The van der Waals surface area contributed by atoms with E-state index in [4.69, 9.17) is 4.74 Å². The Hall–Kier alpha value is -1.35. The fourth-order valence-electron chi connectivity index (χ4n) is 1.92. The Kier molecular flexibility index (Phi) is 4.59. The monoisotopic (exact) mass is 319 g/mol. The van der Waals surface area contributed by atoms with Gasteiger partial charge in [0.05, 0.1) is 5.69 Å². The third-order valence-corrected chi connectivity index (χ3v) is 3.57. The maximum absolute atomic E-state index is 5.94. The third-order valence-electron chi connectivity index (χ3n) is 3.08. The molecule has 0 N–H and O–H groups in total. The largest absolute Gasteiger partial charge is 0.487 e. The maximum Gasteiger partial charge on any atom is 0.130 e. The molecule has 100 valence electrons. The summed E-state index contributed by atoms with van der Waals surface area (Å²) in [4.78, 5) is 4.35. The van der Waals surface area contributed by atoms with Crippen LogP contribution in [0.2, 0.25) is 0 Å². The van der Waals surface area contributed by atoms with Crippen molar-refractivity contribution in [3.8, 4) is 5.75 Å². The van der Waals surface area contributed by atoms with Crippen molar-refractivity contribution in [1.29, 1.82) is 0 Å². The van der Waals surface area contributed by atoms with Gasteiger partial charge in [-0.1, -0.05) is 35.8 Å². The van der Waals surface area contributed by atoms with Gasteiger partial charge in [0.25, 0.3) is 0 Å². The van der Waals surface area contributed by atoms with Crippen LogP contribution in [0.4, 0.5) is 0 Å². The zero-order valence-electron chi connectivity index (χ0n) is 11.5. The van der Waals surface area contributed by atoms with Gasteiger partial charge >= 0.3 is 0 Å². The Morgan fingerprint density at radius 3 is 2.74 bits per heavy atom. The maximum atomic E-state index is 5.94. The number of hydrogen-bond acceptors (Lipinski definition) is 2. The second-order valence-corrected chi connectivity index (χ2v) is 5.81. The molecule has 0 unspecified atom stereocenters. The summed E-state index contributed by atoms with van der Waals surface area (Å²) < 4.78 is 7.02. The Morgan fingerprint density at radius 2 is 2.05 bits per heavy atom. The lowest BCUT2D eigenvalue weighted by Crippen LogP contribution is -2.03. The lowest BCUT2D eigenvalue weighted by molar-refractivity contribution is 0.296. The number of hydrogen-bond donors (Lipinski definition) is 0. The van der Waals surface area contributed by atoms with Gasteiger partial charge < -0.3 is 4.74 Å². The smallest absolute Gasteiger partial charge is 0.130 e. The number of nitrogens with zero attached hydrogens (tertiary/aromatic N) is 1. The van der Waals surface area contributed by atoms with Gasteiger partial charge in [-0.25, -0.2) is 0 Å². The van der Waals surface area contributed by atoms with Gasteiger partial charge in [0, 0.05) is 10.7 Å². The number of benzene rings is 1. The summed E-state index contributed by atoms with van der Waals surface area (Å²) in [5.41, 5.74) is 3.36. The minimum atomic E-state index is 0.428. The second-order valence-electron chi connectivity index (χ2n) is 4.89. The molecule has 0 radical (unpaired) electrons. The quantitative estimate of drug-likeness (QED) is 0.803. The van der Waals surface area contributed by atoms with Crippen LogP contribution in [0, 0.1) is 6.92 Å². The summed E-state index contributed by atoms with van der Waals surface area (Å²) in [6.45, 7) is 6.89. The first kappa shape index (κ1) is 14.1. The van der Waals surface area contributed by atoms with Crippen molar-refractivity contribution < 1.29 is 4.74 Å². The summed E-state index contributed by atoms with van der Waals surface area (Å²) >= 11 is 3.50. The molecular formula is C16H18BrNO. The fourth-order valence-corrected chi connectivity index (χ4v) is 2.30. The van der Waals surface area contributed by atoms with Crippen LogP contribution in [0.15, 0.2) is 41.0 Å². The highest BCUT2D eigenvalue weighted by atomic mass is 79.9. The van der Waals surface area contributed by atoms with Crippen LogP contribution in [-0.2, 0) is 6.61 Å². The molecule has 0 aliphatic rings. The number of pyridine rings is 1. The summed E-state index contributed by atoms with van der Waals surface area (Å²) in [7, 11) is 0. The predicted molar refractivity (Wildman–Crippen MR) is 81.5 cm³/mol. The van der Waals surface area contributed by atoms with Crippen molar-refractivity contribution in [2.75, 3.05) is 0 Å². The minimum Gasteiger partial charge on any atom is -0.487 e. The average molecular weight is 320 g/mol. The number of ether oxygens (including phenoxy) is 1. The SMILES string of the molecule is Cc1cccnc1COc1ccc(Br)cc1C(C)C. The predicted octanol–water partition coefficient (Wildman–Crippen LogP) is 4.85.